The Hall–Kier alpha value is -0.0800. The molecule has 2 nitrogen and oxygen atoms in total. The molecule has 1 rings (SSSR count). The van der Waals surface area contributed by atoms with Gasteiger partial charge in [-0.1, -0.05) is 27.7 Å². The molecule has 2 heteroatoms. The molecule has 0 spiro atoms. The Labute approximate surface area is 107 Å². The minimum atomic E-state index is 0.136. The lowest BCUT2D eigenvalue weighted by molar-refractivity contribution is 0.0693. The Morgan fingerprint density at radius 2 is 1.71 bits per heavy atom. The number of rotatable bonds is 7. The first kappa shape index (κ1) is 15.0. The largest absolute Gasteiger partial charge is 0.396 e. The molecule has 0 aromatic heterocycles. The Balaban J connectivity index is 2.60. The van der Waals surface area contributed by atoms with Crippen molar-refractivity contribution < 1.29 is 5.11 Å². The van der Waals surface area contributed by atoms with Gasteiger partial charge in [0, 0.05) is 25.1 Å². The van der Waals surface area contributed by atoms with Crippen molar-refractivity contribution in [3.8, 4) is 0 Å². The van der Waals surface area contributed by atoms with Crippen LogP contribution in [0.1, 0.15) is 59.8 Å². The third-order valence-electron chi connectivity index (χ3n) is 5.41. The maximum atomic E-state index is 9.65. The lowest BCUT2D eigenvalue weighted by atomic mass is 9.81. The Morgan fingerprint density at radius 3 is 2.06 bits per heavy atom. The van der Waals surface area contributed by atoms with Crippen LogP contribution in [0.3, 0.4) is 0 Å². The fourth-order valence-corrected chi connectivity index (χ4v) is 3.21. The zero-order valence-electron chi connectivity index (χ0n) is 12.3. The molecule has 17 heavy (non-hydrogen) atoms. The second kappa shape index (κ2) is 6.19. The van der Waals surface area contributed by atoms with Crippen molar-refractivity contribution in [1.82, 2.24) is 4.90 Å². The van der Waals surface area contributed by atoms with Crippen molar-refractivity contribution >= 4 is 0 Å². The van der Waals surface area contributed by atoms with Gasteiger partial charge in [0.1, 0.15) is 0 Å². The van der Waals surface area contributed by atoms with E-state index in [-0.39, 0.29) is 5.41 Å². The highest BCUT2D eigenvalue weighted by Crippen LogP contribution is 2.39. The summed E-state index contributed by atoms with van der Waals surface area (Å²) in [6.07, 6.45) is 6.10. The van der Waals surface area contributed by atoms with Crippen molar-refractivity contribution in [1.29, 1.82) is 0 Å². The molecule has 0 radical (unpaired) electrons. The summed E-state index contributed by atoms with van der Waals surface area (Å²) >= 11 is 0. The van der Waals surface area contributed by atoms with Crippen LogP contribution >= 0.6 is 0 Å². The van der Waals surface area contributed by atoms with Crippen LogP contribution in [0.4, 0.5) is 0 Å². The molecule has 0 saturated carbocycles. The molecule has 1 heterocycles. The van der Waals surface area contributed by atoms with Crippen LogP contribution in [-0.2, 0) is 0 Å². The average molecular weight is 241 g/mol. The number of aliphatic hydroxyl groups excluding tert-OH is 1. The Bertz CT molecular complexity index is 211. The van der Waals surface area contributed by atoms with Gasteiger partial charge in [-0.2, -0.15) is 0 Å². The summed E-state index contributed by atoms with van der Waals surface area (Å²) < 4.78 is 0. The molecule has 0 aromatic rings. The van der Waals surface area contributed by atoms with Gasteiger partial charge in [0.15, 0.2) is 0 Å². The van der Waals surface area contributed by atoms with E-state index in [1.54, 1.807) is 0 Å². The second-order valence-electron chi connectivity index (χ2n) is 6.03. The fraction of sp³-hybridized carbons (Fsp3) is 1.00. The van der Waals surface area contributed by atoms with Gasteiger partial charge in [-0.3, -0.25) is 0 Å². The van der Waals surface area contributed by atoms with Crippen LogP contribution in [0.2, 0.25) is 0 Å². The van der Waals surface area contributed by atoms with Crippen molar-refractivity contribution in [2.45, 2.75) is 59.8 Å². The molecule has 0 aromatic carbocycles. The van der Waals surface area contributed by atoms with E-state index >= 15 is 0 Å². The summed E-state index contributed by atoms with van der Waals surface area (Å²) in [6, 6.07) is 0. The van der Waals surface area contributed by atoms with Gasteiger partial charge in [-0.05, 0) is 44.1 Å². The number of nitrogens with zero attached hydrogens (tertiary/aromatic N) is 1. The van der Waals surface area contributed by atoms with E-state index in [1.165, 1.54) is 32.4 Å². The van der Waals surface area contributed by atoms with Gasteiger partial charge >= 0.3 is 0 Å². The predicted octanol–water partition coefficient (Wildman–Crippen LogP) is 3.30. The van der Waals surface area contributed by atoms with Crippen molar-refractivity contribution in [2.24, 2.45) is 10.8 Å². The first-order valence-electron chi connectivity index (χ1n) is 7.42. The van der Waals surface area contributed by atoms with Crippen LogP contribution in [0.25, 0.3) is 0 Å². The summed E-state index contributed by atoms with van der Waals surface area (Å²) in [5.41, 5.74) is 0.695. The molecule has 1 aliphatic rings. The van der Waals surface area contributed by atoms with Gasteiger partial charge in [0.25, 0.3) is 0 Å². The van der Waals surface area contributed by atoms with E-state index < -0.39 is 0 Å². The Morgan fingerprint density at radius 1 is 1.12 bits per heavy atom. The van der Waals surface area contributed by atoms with E-state index in [2.05, 4.69) is 32.6 Å². The molecule has 0 amide bonds. The topological polar surface area (TPSA) is 23.5 Å². The number of hydrogen-bond donors (Lipinski definition) is 1. The molecule has 102 valence electrons. The molecule has 1 fully saturated rings. The zero-order chi connectivity index (χ0) is 12.9. The summed E-state index contributed by atoms with van der Waals surface area (Å²) in [4.78, 5) is 2.59. The van der Waals surface area contributed by atoms with Crippen molar-refractivity contribution in [3.63, 3.8) is 0 Å². The molecule has 0 bridgehead atoms. The molecule has 0 aliphatic carbocycles. The minimum Gasteiger partial charge on any atom is -0.396 e. The molecule has 1 N–H and O–H groups in total. The summed E-state index contributed by atoms with van der Waals surface area (Å²) in [6.45, 7) is 13.0. The second-order valence-corrected chi connectivity index (χ2v) is 6.03. The lowest BCUT2D eigenvalue weighted by Crippen LogP contribution is -2.39. The van der Waals surface area contributed by atoms with Crippen LogP contribution < -0.4 is 0 Å². The summed E-state index contributed by atoms with van der Waals surface area (Å²) in [5, 5.41) is 9.65. The third kappa shape index (κ3) is 3.23. The van der Waals surface area contributed by atoms with Crippen molar-refractivity contribution in [2.75, 3.05) is 26.2 Å². The van der Waals surface area contributed by atoms with Gasteiger partial charge in [0.05, 0.1) is 0 Å². The van der Waals surface area contributed by atoms with E-state index in [0.29, 0.717) is 12.0 Å². The average Bonchev–Trinajstić information content (AvgIpc) is 2.80. The minimum absolute atomic E-state index is 0.136. The van der Waals surface area contributed by atoms with E-state index in [0.717, 1.165) is 19.4 Å². The monoisotopic (exact) mass is 241 g/mol. The smallest absolute Gasteiger partial charge is 0.0499 e. The van der Waals surface area contributed by atoms with Crippen LogP contribution in [-0.4, -0.2) is 36.2 Å². The summed E-state index contributed by atoms with van der Waals surface area (Å²) in [5.74, 6) is 0. The molecule has 0 unspecified atom stereocenters. The van der Waals surface area contributed by atoms with E-state index in [9.17, 15) is 5.11 Å². The SMILES string of the molecule is CCC(CC)(CO)CN1CCC(CC)(CC)C1. The maximum absolute atomic E-state index is 9.65. The quantitative estimate of drug-likeness (QED) is 0.739. The zero-order valence-corrected chi connectivity index (χ0v) is 12.3. The number of hydrogen-bond acceptors (Lipinski definition) is 2. The first-order chi connectivity index (χ1) is 8.09. The fourth-order valence-electron chi connectivity index (χ4n) is 3.21. The highest BCUT2D eigenvalue weighted by Gasteiger charge is 2.38. The Kier molecular flexibility index (Phi) is 5.46. The molecule has 0 atom stereocenters. The van der Waals surface area contributed by atoms with Crippen LogP contribution in [0.5, 0.6) is 0 Å². The maximum Gasteiger partial charge on any atom is 0.0499 e. The first-order valence-corrected chi connectivity index (χ1v) is 7.42. The molecular formula is C15H31NO. The van der Waals surface area contributed by atoms with Gasteiger partial charge in [0.2, 0.25) is 0 Å². The van der Waals surface area contributed by atoms with Crippen LogP contribution in [0, 0.1) is 10.8 Å². The predicted molar refractivity (Wildman–Crippen MR) is 74.2 cm³/mol. The van der Waals surface area contributed by atoms with E-state index in [1.807, 2.05) is 0 Å². The van der Waals surface area contributed by atoms with Crippen LogP contribution in [0.15, 0.2) is 0 Å². The van der Waals surface area contributed by atoms with Gasteiger partial charge < -0.3 is 10.0 Å². The lowest BCUT2D eigenvalue weighted by Gasteiger charge is -2.35. The number of aliphatic hydroxyl groups is 1. The molecular weight excluding hydrogens is 210 g/mol. The van der Waals surface area contributed by atoms with Crippen molar-refractivity contribution in [3.05, 3.63) is 0 Å². The number of likely N-dealkylation sites (tertiary alicyclic amines) is 1. The standard InChI is InChI=1S/C15H31NO/c1-5-14(6-2)9-10-16(11-14)12-15(7-3,8-4)13-17/h17H,5-13H2,1-4H3. The van der Waals surface area contributed by atoms with Gasteiger partial charge in [-0.25, -0.2) is 0 Å². The normalized spacial score (nSPS) is 21.0. The summed E-state index contributed by atoms with van der Waals surface area (Å²) in [7, 11) is 0. The highest BCUT2D eigenvalue weighted by atomic mass is 16.3. The molecule has 1 aliphatic heterocycles. The highest BCUT2D eigenvalue weighted by molar-refractivity contribution is 4.91. The third-order valence-corrected chi connectivity index (χ3v) is 5.41. The van der Waals surface area contributed by atoms with Gasteiger partial charge in [-0.15, -0.1) is 0 Å². The van der Waals surface area contributed by atoms with E-state index in [4.69, 9.17) is 0 Å². The molecule has 1 saturated heterocycles.